The van der Waals surface area contributed by atoms with Gasteiger partial charge in [0.1, 0.15) is 0 Å². The molecule has 0 atom stereocenters. The summed E-state index contributed by atoms with van der Waals surface area (Å²) in [5.74, 6) is -0.964. The Morgan fingerprint density at radius 1 is 1.38 bits per heavy atom. The van der Waals surface area contributed by atoms with E-state index in [-0.39, 0.29) is 18.7 Å². The van der Waals surface area contributed by atoms with Gasteiger partial charge in [-0.2, -0.15) is 0 Å². The zero-order chi connectivity index (χ0) is 12.6. The summed E-state index contributed by atoms with van der Waals surface area (Å²) in [7, 11) is -0.362. The van der Waals surface area contributed by atoms with E-state index in [1.165, 1.54) is 7.05 Å². The number of aliphatic carboxylic acids is 1. The maximum Gasteiger partial charge on any atom is 0.304 e. The van der Waals surface area contributed by atoms with Gasteiger partial charge in [0, 0.05) is 27.3 Å². The number of methoxy groups -OCH3 is 1. The summed E-state index contributed by atoms with van der Waals surface area (Å²) >= 11 is 0. The fourth-order valence-corrected chi connectivity index (χ4v) is 2.33. The molecule has 0 fully saturated rings. The molecule has 0 spiro atoms. The lowest BCUT2D eigenvalue weighted by atomic mass is 10.4. The molecule has 0 radical (unpaired) electrons. The molecule has 0 aliphatic rings. The van der Waals surface area contributed by atoms with Crippen molar-refractivity contribution >= 4 is 16.0 Å². The van der Waals surface area contributed by atoms with Crippen molar-refractivity contribution in [3.05, 3.63) is 0 Å². The van der Waals surface area contributed by atoms with Crippen molar-refractivity contribution in [3.8, 4) is 0 Å². The summed E-state index contributed by atoms with van der Waals surface area (Å²) < 4.78 is 29.1. The molecule has 0 aliphatic carbocycles. The van der Waals surface area contributed by atoms with E-state index >= 15 is 0 Å². The molecule has 16 heavy (non-hydrogen) atoms. The maximum absolute atomic E-state index is 11.6. The van der Waals surface area contributed by atoms with Crippen molar-refractivity contribution in [1.82, 2.24) is 4.31 Å². The van der Waals surface area contributed by atoms with Gasteiger partial charge in [-0.25, -0.2) is 12.7 Å². The first kappa shape index (κ1) is 15.3. The van der Waals surface area contributed by atoms with E-state index in [4.69, 9.17) is 9.84 Å². The highest BCUT2D eigenvalue weighted by molar-refractivity contribution is 7.89. The van der Waals surface area contributed by atoms with E-state index in [1.807, 2.05) is 0 Å². The van der Waals surface area contributed by atoms with Crippen molar-refractivity contribution in [3.63, 3.8) is 0 Å². The predicted molar refractivity (Wildman–Crippen MR) is 59.8 cm³/mol. The standard InChI is InChI=1S/C9H19NO5S/c1-10(6-5-9(11)12)16(13,14)8-4-3-7-15-2/h3-8H2,1-2H3,(H,11,12). The number of rotatable bonds is 9. The van der Waals surface area contributed by atoms with Gasteiger partial charge in [0.05, 0.1) is 12.2 Å². The van der Waals surface area contributed by atoms with Gasteiger partial charge in [-0.1, -0.05) is 0 Å². The molecule has 0 heterocycles. The lowest BCUT2D eigenvalue weighted by molar-refractivity contribution is -0.137. The first-order valence-electron chi connectivity index (χ1n) is 5.05. The van der Waals surface area contributed by atoms with Crippen LogP contribution in [0.1, 0.15) is 19.3 Å². The Kier molecular flexibility index (Phi) is 7.27. The number of nitrogens with zero attached hydrogens (tertiary/aromatic N) is 1. The number of ether oxygens (including phenoxy) is 1. The van der Waals surface area contributed by atoms with Crippen molar-refractivity contribution in [1.29, 1.82) is 0 Å². The third-order valence-corrected chi connectivity index (χ3v) is 4.05. The highest BCUT2D eigenvalue weighted by atomic mass is 32.2. The van der Waals surface area contributed by atoms with E-state index in [0.717, 1.165) is 4.31 Å². The SMILES string of the molecule is COCCCCS(=O)(=O)N(C)CCC(=O)O. The van der Waals surface area contributed by atoms with Gasteiger partial charge in [0.2, 0.25) is 10.0 Å². The van der Waals surface area contributed by atoms with E-state index in [0.29, 0.717) is 19.4 Å². The van der Waals surface area contributed by atoms with Crippen molar-refractivity contribution in [2.75, 3.05) is 33.1 Å². The second-order valence-electron chi connectivity index (χ2n) is 3.48. The molecule has 0 aromatic rings. The molecule has 7 heteroatoms. The average molecular weight is 253 g/mol. The van der Waals surface area contributed by atoms with Gasteiger partial charge >= 0.3 is 5.97 Å². The topological polar surface area (TPSA) is 83.9 Å². The van der Waals surface area contributed by atoms with E-state index in [9.17, 15) is 13.2 Å². The van der Waals surface area contributed by atoms with E-state index < -0.39 is 16.0 Å². The Balaban J connectivity index is 3.96. The number of carboxylic acid groups (broad SMARTS) is 1. The fourth-order valence-electron chi connectivity index (χ4n) is 1.08. The second kappa shape index (κ2) is 7.59. The van der Waals surface area contributed by atoms with Gasteiger partial charge < -0.3 is 9.84 Å². The summed E-state index contributed by atoms with van der Waals surface area (Å²) in [6, 6.07) is 0. The Morgan fingerprint density at radius 3 is 2.50 bits per heavy atom. The van der Waals surface area contributed by atoms with E-state index in [1.54, 1.807) is 7.11 Å². The molecule has 0 unspecified atom stereocenters. The smallest absolute Gasteiger partial charge is 0.304 e. The van der Waals surface area contributed by atoms with Crippen LogP contribution < -0.4 is 0 Å². The Labute approximate surface area is 96.2 Å². The largest absolute Gasteiger partial charge is 0.481 e. The molecule has 0 aromatic carbocycles. The molecule has 1 N–H and O–H groups in total. The summed E-state index contributed by atoms with van der Waals surface area (Å²) in [5.41, 5.74) is 0. The lowest BCUT2D eigenvalue weighted by Crippen LogP contribution is -2.31. The van der Waals surface area contributed by atoms with Crippen LogP contribution in [0.15, 0.2) is 0 Å². The number of unbranched alkanes of at least 4 members (excludes halogenated alkanes) is 1. The molecule has 0 saturated heterocycles. The van der Waals surface area contributed by atoms with Gasteiger partial charge in [0.15, 0.2) is 0 Å². The Bertz CT molecular complexity index is 301. The first-order valence-corrected chi connectivity index (χ1v) is 6.66. The summed E-state index contributed by atoms with van der Waals surface area (Å²) in [5, 5.41) is 8.44. The average Bonchev–Trinajstić information content (AvgIpc) is 2.20. The van der Waals surface area contributed by atoms with Crippen LogP contribution >= 0.6 is 0 Å². The molecule has 96 valence electrons. The molecule has 0 aliphatic heterocycles. The van der Waals surface area contributed by atoms with Crippen LogP contribution in [0, 0.1) is 0 Å². The first-order chi connectivity index (χ1) is 7.40. The quantitative estimate of drug-likeness (QED) is 0.591. The number of carbonyl (C=O) groups is 1. The normalized spacial score (nSPS) is 11.9. The van der Waals surface area contributed by atoms with Crippen LogP contribution in [0.3, 0.4) is 0 Å². The lowest BCUT2D eigenvalue weighted by Gasteiger charge is -2.15. The van der Waals surface area contributed by atoms with Crippen LogP contribution in [0.2, 0.25) is 0 Å². The highest BCUT2D eigenvalue weighted by Crippen LogP contribution is 2.03. The molecular weight excluding hydrogens is 234 g/mol. The highest BCUT2D eigenvalue weighted by Gasteiger charge is 2.17. The molecule has 6 nitrogen and oxygen atoms in total. The predicted octanol–water partition coefficient (Wildman–Crippen LogP) is 0.149. The maximum atomic E-state index is 11.6. The minimum Gasteiger partial charge on any atom is -0.481 e. The fraction of sp³-hybridized carbons (Fsp3) is 0.889. The minimum absolute atomic E-state index is 0.0158. The van der Waals surface area contributed by atoms with Crippen LogP contribution in [0.25, 0.3) is 0 Å². The van der Waals surface area contributed by atoms with Gasteiger partial charge in [0.25, 0.3) is 0 Å². The molecule has 0 aromatic heterocycles. The van der Waals surface area contributed by atoms with Crippen molar-refractivity contribution in [2.24, 2.45) is 0 Å². The molecule has 0 amide bonds. The third kappa shape index (κ3) is 6.76. The summed E-state index contributed by atoms with van der Waals surface area (Å²) in [6.07, 6.45) is 1.03. The summed E-state index contributed by atoms with van der Waals surface area (Å²) in [6.45, 7) is 0.552. The van der Waals surface area contributed by atoms with Crippen molar-refractivity contribution in [2.45, 2.75) is 19.3 Å². The number of sulfonamides is 1. The Morgan fingerprint density at radius 2 is 2.00 bits per heavy atom. The van der Waals surface area contributed by atoms with Crippen LogP contribution in [0.5, 0.6) is 0 Å². The van der Waals surface area contributed by atoms with Gasteiger partial charge in [-0.15, -0.1) is 0 Å². The zero-order valence-corrected chi connectivity index (χ0v) is 10.5. The Hall–Kier alpha value is -0.660. The number of hydrogen-bond donors (Lipinski definition) is 1. The summed E-state index contributed by atoms with van der Waals surface area (Å²) in [4.78, 5) is 10.3. The second-order valence-corrected chi connectivity index (χ2v) is 5.68. The van der Waals surface area contributed by atoms with Crippen LogP contribution in [-0.2, 0) is 19.6 Å². The van der Waals surface area contributed by atoms with Crippen LogP contribution in [0.4, 0.5) is 0 Å². The molecule has 0 bridgehead atoms. The minimum atomic E-state index is -3.32. The van der Waals surface area contributed by atoms with Gasteiger partial charge in [-0.05, 0) is 12.8 Å². The molecule has 0 rings (SSSR count). The monoisotopic (exact) mass is 253 g/mol. The zero-order valence-electron chi connectivity index (χ0n) is 9.68. The number of hydrogen-bond acceptors (Lipinski definition) is 4. The molecule has 0 saturated carbocycles. The van der Waals surface area contributed by atoms with Crippen molar-refractivity contribution < 1.29 is 23.1 Å². The van der Waals surface area contributed by atoms with Gasteiger partial charge in [-0.3, -0.25) is 4.79 Å². The van der Waals surface area contributed by atoms with Crippen LogP contribution in [-0.4, -0.2) is 56.9 Å². The number of carboxylic acids is 1. The molecular formula is C9H19NO5S. The van der Waals surface area contributed by atoms with E-state index in [2.05, 4.69) is 0 Å². The third-order valence-electron chi connectivity index (χ3n) is 2.12.